The lowest BCUT2D eigenvalue weighted by atomic mass is 9.45. The van der Waals surface area contributed by atoms with Crippen molar-refractivity contribution in [1.82, 2.24) is 25.7 Å². The van der Waals surface area contributed by atoms with Crippen molar-refractivity contribution in [3.8, 4) is 16.9 Å². The first-order valence-corrected chi connectivity index (χ1v) is 18.3. The smallest absolute Gasteiger partial charge is 0.251 e. The van der Waals surface area contributed by atoms with E-state index >= 15 is 0 Å². The van der Waals surface area contributed by atoms with Crippen molar-refractivity contribution in [3.05, 3.63) is 71.3 Å². The minimum absolute atomic E-state index is 0.0343. The summed E-state index contributed by atoms with van der Waals surface area (Å²) in [6, 6.07) is 10.6. The highest BCUT2D eigenvalue weighted by molar-refractivity contribution is 5.97. The van der Waals surface area contributed by atoms with E-state index in [0.29, 0.717) is 34.8 Å². The van der Waals surface area contributed by atoms with E-state index in [2.05, 4.69) is 41.4 Å². The van der Waals surface area contributed by atoms with Gasteiger partial charge >= 0.3 is 0 Å². The molecule has 2 aromatic carbocycles. The summed E-state index contributed by atoms with van der Waals surface area (Å²) in [6.45, 7) is 10.4. The molecule has 1 saturated heterocycles. The molecule has 4 fully saturated rings. The Bertz CT molecular complexity index is 1760. The van der Waals surface area contributed by atoms with Crippen molar-refractivity contribution in [2.75, 3.05) is 32.7 Å². The number of para-hydroxylation sites is 1. The molecule has 2 heterocycles. The molecule has 1 aliphatic heterocycles. The van der Waals surface area contributed by atoms with Gasteiger partial charge in [-0.25, -0.2) is 0 Å². The van der Waals surface area contributed by atoms with E-state index in [9.17, 15) is 19.8 Å². The molecule has 280 valence electrons. The summed E-state index contributed by atoms with van der Waals surface area (Å²) in [5, 5.41) is 29.1. The van der Waals surface area contributed by atoms with Crippen LogP contribution >= 0.6 is 0 Å². The van der Waals surface area contributed by atoms with Gasteiger partial charge in [0.25, 0.3) is 5.91 Å². The molecule has 2 amide bonds. The lowest BCUT2D eigenvalue weighted by molar-refractivity contribution is -0.183. The Morgan fingerprint density at radius 3 is 2.54 bits per heavy atom. The number of carbonyl (C=O) groups excluding carboxylic acids is 2. The second kappa shape index (κ2) is 15.1. The number of rotatable bonds is 12. The molecule has 12 nitrogen and oxygen atoms in total. The maximum absolute atomic E-state index is 14.2. The van der Waals surface area contributed by atoms with Crippen LogP contribution in [-0.2, 0) is 22.7 Å². The maximum atomic E-state index is 14.2. The van der Waals surface area contributed by atoms with Crippen LogP contribution < -0.4 is 20.3 Å². The Labute approximate surface area is 306 Å². The van der Waals surface area contributed by atoms with E-state index in [-0.39, 0.29) is 43.0 Å². The number of aromatic nitrogens is 2. The number of fused-ring (bicyclic) bond motifs is 2. The van der Waals surface area contributed by atoms with Gasteiger partial charge in [-0.05, 0) is 73.6 Å². The number of aryl methyl sites for hydroxylation is 1. The molecule has 0 unspecified atom stereocenters. The number of carbonyl (C=O) groups is 2. The molecule has 4 aliphatic rings. The highest BCUT2D eigenvalue weighted by Gasteiger charge is 2.57. The summed E-state index contributed by atoms with van der Waals surface area (Å²) in [4.78, 5) is 44.5. The molecular weight excluding hydrogens is 660 g/mol. The van der Waals surface area contributed by atoms with Gasteiger partial charge in [0.2, 0.25) is 5.91 Å². The van der Waals surface area contributed by atoms with Crippen molar-refractivity contribution < 1.29 is 29.4 Å². The first-order valence-electron chi connectivity index (χ1n) is 18.3. The fraction of sp³-hybridized carbons (Fsp3) is 0.550. The number of nitrogens with zero attached hydrogens (tertiary/aromatic N) is 4. The Hall–Kier alpha value is -4.10. The number of benzene rings is 2. The molecule has 8 atom stereocenters. The average Bonchev–Trinajstić information content (AvgIpc) is 3.50. The van der Waals surface area contributed by atoms with E-state index < -0.39 is 24.2 Å². The number of nitrogens with one attached hydrogen (secondary N) is 2. The molecule has 3 saturated carbocycles. The molecule has 3 aliphatic carbocycles. The minimum Gasteiger partial charge on any atom is -0.496 e. The fourth-order valence-corrected chi connectivity index (χ4v) is 8.77. The molecular formula is C40H54N6O6. The quantitative estimate of drug-likeness (QED) is 0.216. The first kappa shape index (κ1) is 37.7. The number of anilines is 1. The van der Waals surface area contributed by atoms with E-state index in [1.807, 2.05) is 62.3 Å². The largest absolute Gasteiger partial charge is 0.496 e. The number of hydrogen-bond acceptors (Lipinski definition) is 10. The van der Waals surface area contributed by atoms with Gasteiger partial charge in [0, 0.05) is 54.6 Å². The van der Waals surface area contributed by atoms with Crippen molar-refractivity contribution in [3.63, 3.8) is 0 Å². The zero-order valence-corrected chi connectivity index (χ0v) is 31.6. The van der Waals surface area contributed by atoms with Gasteiger partial charge in [-0.15, -0.1) is 0 Å². The van der Waals surface area contributed by atoms with Crippen molar-refractivity contribution in [2.24, 2.45) is 29.1 Å². The van der Waals surface area contributed by atoms with Crippen LogP contribution in [0.5, 0.6) is 5.75 Å². The maximum Gasteiger partial charge on any atom is 0.251 e. The number of methoxy groups -OCH3 is 1. The number of aliphatic hydroxyl groups is 2. The van der Waals surface area contributed by atoms with Crippen LogP contribution in [-0.4, -0.2) is 89.2 Å². The predicted molar refractivity (Wildman–Crippen MR) is 198 cm³/mol. The second-order valence-electron chi connectivity index (χ2n) is 15.7. The Morgan fingerprint density at radius 2 is 1.92 bits per heavy atom. The van der Waals surface area contributed by atoms with Gasteiger partial charge in [-0.2, -0.15) is 5.06 Å². The van der Waals surface area contributed by atoms with Crippen LogP contribution in [0.4, 0.5) is 5.69 Å². The highest BCUT2D eigenvalue weighted by Crippen LogP contribution is 2.61. The Balaban J connectivity index is 1.27. The number of hydroxylamine groups is 2. The predicted octanol–water partition coefficient (Wildman–Crippen LogP) is 4.12. The van der Waals surface area contributed by atoms with Crippen LogP contribution in [0, 0.1) is 36.0 Å². The average molecular weight is 715 g/mol. The van der Waals surface area contributed by atoms with Crippen LogP contribution in [0.2, 0.25) is 0 Å². The van der Waals surface area contributed by atoms with Crippen molar-refractivity contribution in [2.45, 2.75) is 84.8 Å². The second-order valence-corrected chi connectivity index (χ2v) is 15.7. The summed E-state index contributed by atoms with van der Waals surface area (Å²) in [7, 11) is 5.43. The monoisotopic (exact) mass is 714 g/mol. The zero-order valence-electron chi connectivity index (χ0n) is 31.6. The van der Waals surface area contributed by atoms with Crippen LogP contribution in [0.1, 0.15) is 67.8 Å². The molecule has 2 bridgehead atoms. The topological polar surface area (TPSA) is 149 Å². The van der Waals surface area contributed by atoms with Gasteiger partial charge in [0.1, 0.15) is 17.9 Å². The Kier molecular flexibility index (Phi) is 10.9. The molecule has 1 aromatic heterocycles. The molecule has 4 N–H and O–H groups in total. The lowest BCUT2D eigenvalue weighted by Gasteiger charge is -2.62. The van der Waals surface area contributed by atoms with Crippen LogP contribution in [0.3, 0.4) is 0 Å². The van der Waals surface area contributed by atoms with E-state index in [0.717, 1.165) is 34.5 Å². The van der Waals surface area contributed by atoms with Gasteiger partial charge in [0.05, 0.1) is 50.5 Å². The summed E-state index contributed by atoms with van der Waals surface area (Å²) < 4.78 is 6.04. The van der Waals surface area contributed by atoms with Gasteiger partial charge in [-0.3, -0.25) is 24.4 Å². The molecule has 0 radical (unpaired) electrons. The molecule has 12 heteroatoms. The number of amides is 2. The third kappa shape index (κ3) is 7.26. The number of ether oxygens (including phenoxy) is 1. The fourth-order valence-electron chi connectivity index (χ4n) is 8.77. The van der Waals surface area contributed by atoms with E-state index in [1.54, 1.807) is 31.5 Å². The number of aliphatic hydroxyl groups excluding tert-OH is 2. The van der Waals surface area contributed by atoms with Gasteiger partial charge in [0.15, 0.2) is 0 Å². The van der Waals surface area contributed by atoms with E-state index in [4.69, 9.17) is 9.57 Å². The molecule has 52 heavy (non-hydrogen) atoms. The molecule has 7 rings (SSSR count). The SMILES string of the molecule is COc1c(CN2O[C@@H](CO)[C@@H]([C@H](C)O)[C@H]2C(=O)N[C@H]2C[C@H]3C[C@@H]([C@@H]2C)C3(C)C)cccc1-c1cc(C(=O)NCc2cnc(C)cn2)cc(N(C)C)c1. The van der Waals surface area contributed by atoms with Crippen LogP contribution in [0.15, 0.2) is 48.8 Å². The van der Waals surface area contributed by atoms with Gasteiger partial charge in [-0.1, -0.05) is 39.0 Å². The molecule has 3 aromatic rings. The molecule has 0 spiro atoms. The summed E-state index contributed by atoms with van der Waals surface area (Å²) in [5.41, 5.74) is 5.30. The highest BCUT2D eigenvalue weighted by atomic mass is 16.7. The van der Waals surface area contributed by atoms with E-state index in [1.165, 1.54) is 6.42 Å². The van der Waals surface area contributed by atoms with Crippen LogP contribution in [0.25, 0.3) is 11.1 Å². The van der Waals surface area contributed by atoms with Crippen molar-refractivity contribution in [1.29, 1.82) is 0 Å². The third-order valence-electron chi connectivity index (χ3n) is 12.0. The Morgan fingerprint density at radius 1 is 1.15 bits per heavy atom. The summed E-state index contributed by atoms with van der Waals surface area (Å²) in [5.74, 6) is 0.904. The van der Waals surface area contributed by atoms with Gasteiger partial charge < -0.3 is 30.5 Å². The van der Waals surface area contributed by atoms with Crippen molar-refractivity contribution >= 4 is 17.5 Å². The normalized spacial score (nSPS) is 27.0. The summed E-state index contributed by atoms with van der Waals surface area (Å²) in [6.07, 6.45) is 3.78. The first-order chi connectivity index (χ1) is 24.7. The minimum atomic E-state index is -0.904. The lowest BCUT2D eigenvalue weighted by Crippen LogP contribution is -2.62. The summed E-state index contributed by atoms with van der Waals surface area (Å²) >= 11 is 0. The number of hydrogen-bond donors (Lipinski definition) is 4. The zero-order chi connectivity index (χ0) is 37.5. The third-order valence-corrected chi connectivity index (χ3v) is 12.0. The standard InChI is InChI=1S/C40H54N6O6/c1-22-17-42-29(18-41-22)19-43-38(49)27-12-26(13-30(14-27)45(6)7)31-11-9-10-25(37(31)51-8)20-46-36(35(24(3)48)34(21-47)52-46)39(50)44-33-16-28-15-32(23(33)2)40(28,4)5/h9-14,17-18,23-24,28,32-36,47-48H,15-16,19-21H2,1-8H3,(H,43,49)(H,44,50)/t23-,24-,28+,32-,33-,34-,35+,36-/m0/s1.